The van der Waals surface area contributed by atoms with Crippen molar-refractivity contribution in [3.63, 3.8) is 0 Å². The van der Waals surface area contributed by atoms with Gasteiger partial charge in [0.25, 0.3) is 5.91 Å². The normalized spacial score (nSPS) is 10.3. The standard InChI is InChI=1S/C15H17N3O2/c1-9-6-10(2)13(16)7-12(9)15(20)17-11-4-5-14(19)18(3)8-11/h4-8H,16H2,1-3H3,(H,17,20). The van der Waals surface area contributed by atoms with Crippen LogP contribution in [0, 0.1) is 13.8 Å². The largest absolute Gasteiger partial charge is 0.398 e. The monoisotopic (exact) mass is 271 g/mol. The Labute approximate surface area is 117 Å². The molecule has 20 heavy (non-hydrogen) atoms. The Bertz CT molecular complexity index is 732. The molecule has 3 N–H and O–H groups in total. The topological polar surface area (TPSA) is 77.1 Å². The van der Waals surface area contributed by atoms with E-state index in [1.807, 2.05) is 19.9 Å². The zero-order valence-corrected chi connectivity index (χ0v) is 11.7. The molecule has 104 valence electrons. The first-order valence-electron chi connectivity index (χ1n) is 6.23. The van der Waals surface area contributed by atoms with E-state index >= 15 is 0 Å². The summed E-state index contributed by atoms with van der Waals surface area (Å²) in [6.07, 6.45) is 1.58. The van der Waals surface area contributed by atoms with Gasteiger partial charge in [0.15, 0.2) is 0 Å². The lowest BCUT2D eigenvalue weighted by molar-refractivity contribution is 0.102. The van der Waals surface area contributed by atoms with Crippen LogP contribution in [0.25, 0.3) is 0 Å². The summed E-state index contributed by atoms with van der Waals surface area (Å²) in [5.41, 5.74) is 9.20. The van der Waals surface area contributed by atoms with E-state index in [1.165, 1.54) is 10.6 Å². The maximum absolute atomic E-state index is 12.2. The molecule has 0 aliphatic rings. The van der Waals surface area contributed by atoms with E-state index < -0.39 is 0 Å². The van der Waals surface area contributed by atoms with E-state index in [-0.39, 0.29) is 11.5 Å². The van der Waals surface area contributed by atoms with Crippen LogP contribution in [-0.4, -0.2) is 10.5 Å². The second kappa shape index (κ2) is 5.21. The highest BCUT2D eigenvalue weighted by atomic mass is 16.1. The molecule has 1 aromatic carbocycles. The Morgan fingerprint density at radius 3 is 2.55 bits per heavy atom. The highest BCUT2D eigenvalue weighted by molar-refractivity contribution is 6.05. The van der Waals surface area contributed by atoms with Gasteiger partial charge < -0.3 is 15.6 Å². The van der Waals surface area contributed by atoms with Gasteiger partial charge in [-0.25, -0.2) is 0 Å². The molecule has 0 atom stereocenters. The maximum atomic E-state index is 12.2. The molecule has 1 aromatic heterocycles. The first kappa shape index (κ1) is 13.9. The van der Waals surface area contributed by atoms with E-state index in [1.54, 1.807) is 25.4 Å². The number of nitrogens with two attached hydrogens (primary N) is 1. The van der Waals surface area contributed by atoms with Crippen LogP contribution in [0.1, 0.15) is 21.5 Å². The number of aryl methyl sites for hydroxylation is 3. The van der Waals surface area contributed by atoms with Crippen LogP contribution in [-0.2, 0) is 7.05 Å². The number of pyridine rings is 1. The minimum absolute atomic E-state index is 0.126. The summed E-state index contributed by atoms with van der Waals surface area (Å²) < 4.78 is 1.41. The molecule has 0 radical (unpaired) electrons. The fraction of sp³-hybridized carbons (Fsp3) is 0.200. The zero-order valence-electron chi connectivity index (χ0n) is 11.7. The molecule has 0 aliphatic carbocycles. The molecule has 0 aliphatic heterocycles. The van der Waals surface area contributed by atoms with Gasteiger partial charge in [0, 0.05) is 30.6 Å². The highest BCUT2D eigenvalue weighted by Crippen LogP contribution is 2.19. The number of nitrogens with zero attached hydrogens (tertiary/aromatic N) is 1. The molecule has 0 unspecified atom stereocenters. The first-order valence-corrected chi connectivity index (χ1v) is 6.23. The second-order valence-electron chi connectivity index (χ2n) is 4.84. The summed E-state index contributed by atoms with van der Waals surface area (Å²) in [4.78, 5) is 23.5. The van der Waals surface area contributed by atoms with Gasteiger partial charge in [-0.1, -0.05) is 6.07 Å². The Morgan fingerprint density at radius 1 is 1.20 bits per heavy atom. The Morgan fingerprint density at radius 2 is 1.90 bits per heavy atom. The van der Waals surface area contributed by atoms with Crippen molar-refractivity contribution in [1.82, 2.24) is 4.57 Å². The molecule has 0 saturated heterocycles. The average molecular weight is 271 g/mol. The number of carbonyl (C=O) groups excluding carboxylic acids is 1. The average Bonchev–Trinajstić information content (AvgIpc) is 2.38. The Hall–Kier alpha value is -2.56. The SMILES string of the molecule is Cc1cc(C)c(C(=O)Nc2ccc(=O)n(C)c2)cc1N. The number of carbonyl (C=O) groups is 1. The smallest absolute Gasteiger partial charge is 0.256 e. The summed E-state index contributed by atoms with van der Waals surface area (Å²) in [5, 5.41) is 2.76. The predicted octanol–water partition coefficient (Wildman–Crippen LogP) is 1.84. The number of amides is 1. The molecule has 1 amide bonds. The van der Waals surface area contributed by atoms with Crippen LogP contribution in [0.4, 0.5) is 11.4 Å². The van der Waals surface area contributed by atoms with Gasteiger partial charge >= 0.3 is 0 Å². The van der Waals surface area contributed by atoms with E-state index in [4.69, 9.17) is 5.73 Å². The molecular weight excluding hydrogens is 254 g/mol. The van der Waals surface area contributed by atoms with Crippen molar-refractivity contribution in [1.29, 1.82) is 0 Å². The Kier molecular flexibility index (Phi) is 3.61. The Balaban J connectivity index is 2.30. The summed E-state index contributed by atoms with van der Waals surface area (Å²) in [5.74, 6) is -0.243. The quantitative estimate of drug-likeness (QED) is 0.818. The van der Waals surface area contributed by atoms with Gasteiger partial charge in [0.2, 0.25) is 5.56 Å². The van der Waals surface area contributed by atoms with Crippen LogP contribution >= 0.6 is 0 Å². The fourth-order valence-electron chi connectivity index (χ4n) is 1.98. The molecule has 1 heterocycles. The summed E-state index contributed by atoms with van der Waals surface area (Å²) >= 11 is 0. The lowest BCUT2D eigenvalue weighted by Crippen LogP contribution is -2.18. The summed E-state index contributed by atoms with van der Waals surface area (Å²) in [6, 6.07) is 6.53. The number of aromatic nitrogens is 1. The van der Waals surface area contributed by atoms with Crippen LogP contribution in [0.15, 0.2) is 35.3 Å². The molecule has 0 bridgehead atoms. The number of benzene rings is 1. The van der Waals surface area contributed by atoms with Crippen LogP contribution in [0.3, 0.4) is 0 Å². The predicted molar refractivity (Wildman–Crippen MR) is 80.0 cm³/mol. The number of hydrogen-bond acceptors (Lipinski definition) is 3. The van der Waals surface area contributed by atoms with Gasteiger partial charge in [0.1, 0.15) is 0 Å². The van der Waals surface area contributed by atoms with Crippen LogP contribution in [0.5, 0.6) is 0 Å². The van der Waals surface area contributed by atoms with Gasteiger partial charge in [-0.05, 0) is 37.1 Å². The molecular formula is C15H17N3O2. The van der Waals surface area contributed by atoms with Crippen molar-refractivity contribution in [2.24, 2.45) is 7.05 Å². The first-order chi connectivity index (χ1) is 9.38. The van der Waals surface area contributed by atoms with E-state index in [2.05, 4.69) is 5.32 Å². The zero-order chi connectivity index (χ0) is 14.9. The number of hydrogen-bond donors (Lipinski definition) is 2. The van der Waals surface area contributed by atoms with Crippen molar-refractivity contribution in [2.45, 2.75) is 13.8 Å². The van der Waals surface area contributed by atoms with Crippen molar-refractivity contribution >= 4 is 17.3 Å². The van der Waals surface area contributed by atoms with E-state index in [0.29, 0.717) is 16.9 Å². The molecule has 2 aromatic rings. The molecule has 2 rings (SSSR count). The highest BCUT2D eigenvalue weighted by Gasteiger charge is 2.11. The lowest BCUT2D eigenvalue weighted by atomic mass is 10.0. The fourth-order valence-corrected chi connectivity index (χ4v) is 1.98. The minimum Gasteiger partial charge on any atom is -0.398 e. The van der Waals surface area contributed by atoms with Crippen LogP contribution < -0.4 is 16.6 Å². The van der Waals surface area contributed by atoms with Crippen molar-refractivity contribution in [3.05, 3.63) is 57.5 Å². The van der Waals surface area contributed by atoms with Gasteiger partial charge in [-0.15, -0.1) is 0 Å². The van der Waals surface area contributed by atoms with Crippen molar-refractivity contribution < 1.29 is 4.79 Å². The van der Waals surface area contributed by atoms with E-state index in [0.717, 1.165) is 11.1 Å². The van der Waals surface area contributed by atoms with Gasteiger partial charge in [-0.3, -0.25) is 9.59 Å². The maximum Gasteiger partial charge on any atom is 0.256 e. The van der Waals surface area contributed by atoms with Crippen molar-refractivity contribution in [2.75, 3.05) is 11.1 Å². The van der Waals surface area contributed by atoms with E-state index in [9.17, 15) is 9.59 Å². The third kappa shape index (κ3) is 2.71. The van der Waals surface area contributed by atoms with Gasteiger partial charge in [0.05, 0.1) is 5.69 Å². The number of rotatable bonds is 2. The molecule has 0 fully saturated rings. The van der Waals surface area contributed by atoms with Crippen LogP contribution in [0.2, 0.25) is 0 Å². The minimum atomic E-state index is -0.243. The molecule has 5 nitrogen and oxygen atoms in total. The third-order valence-electron chi connectivity index (χ3n) is 3.20. The molecule has 0 spiro atoms. The lowest BCUT2D eigenvalue weighted by Gasteiger charge is -2.11. The van der Waals surface area contributed by atoms with Crippen molar-refractivity contribution in [3.8, 4) is 0 Å². The second-order valence-corrected chi connectivity index (χ2v) is 4.84. The number of nitrogens with one attached hydrogen (secondary N) is 1. The number of nitrogen functional groups attached to an aromatic ring is 1. The number of anilines is 2. The molecule has 5 heteroatoms. The van der Waals surface area contributed by atoms with Gasteiger partial charge in [-0.2, -0.15) is 0 Å². The molecule has 0 saturated carbocycles. The third-order valence-corrected chi connectivity index (χ3v) is 3.20. The summed E-state index contributed by atoms with van der Waals surface area (Å²) in [6.45, 7) is 3.76. The summed E-state index contributed by atoms with van der Waals surface area (Å²) in [7, 11) is 1.63.